The number of para-hydroxylation sites is 2. The third-order valence-electron chi connectivity index (χ3n) is 5.30. The molecule has 0 atom stereocenters. The second kappa shape index (κ2) is 7.53. The summed E-state index contributed by atoms with van der Waals surface area (Å²) in [6.45, 7) is 1.80. The molecule has 5 rings (SSSR count). The van der Waals surface area contributed by atoms with Crippen LogP contribution in [0.1, 0.15) is 16.2 Å². The molecule has 0 aliphatic carbocycles. The van der Waals surface area contributed by atoms with Gasteiger partial charge in [0.2, 0.25) is 0 Å². The molecule has 0 saturated heterocycles. The highest BCUT2D eigenvalue weighted by atomic mass is 16.5. The summed E-state index contributed by atoms with van der Waals surface area (Å²) < 4.78 is 6.96. The van der Waals surface area contributed by atoms with Gasteiger partial charge in [0.1, 0.15) is 5.75 Å². The van der Waals surface area contributed by atoms with Gasteiger partial charge in [-0.05, 0) is 35.4 Å². The number of amides is 1. The number of carbonyl (C=O) groups excluding carboxylic acids is 1. The molecule has 2 heterocycles. The SMILES string of the molecule is COc1ccccc1NC(=O)c1nnc2c(-c3cccc4ccccc34)cnn2c1C. The van der Waals surface area contributed by atoms with Crippen molar-refractivity contribution >= 4 is 28.0 Å². The van der Waals surface area contributed by atoms with Gasteiger partial charge in [0, 0.05) is 5.56 Å². The summed E-state index contributed by atoms with van der Waals surface area (Å²) in [5.74, 6) is 0.193. The normalized spacial score (nSPS) is 11.0. The molecule has 152 valence electrons. The van der Waals surface area contributed by atoms with Gasteiger partial charge in [-0.2, -0.15) is 5.10 Å². The van der Waals surface area contributed by atoms with E-state index in [9.17, 15) is 4.79 Å². The van der Waals surface area contributed by atoms with Crippen molar-refractivity contribution in [1.82, 2.24) is 19.8 Å². The Kier molecular flexibility index (Phi) is 4.55. The van der Waals surface area contributed by atoms with E-state index in [0.717, 1.165) is 21.9 Å². The predicted molar refractivity (Wildman–Crippen MR) is 119 cm³/mol. The van der Waals surface area contributed by atoms with E-state index >= 15 is 0 Å². The van der Waals surface area contributed by atoms with E-state index in [4.69, 9.17) is 4.74 Å². The van der Waals surface area contributed by atoms with Gasteiger partial charge in [0.05, 0.1) is 24.7 Å². The Labute approximate surface area is 178 Å². The van der Waals surface area contributed by atoms with E-state index in [2.05, 4.69) is 38.8 Å². The number of aryl methyl sites for hydroxylation is 1. The summed E-state index contributed by atoms with van der Waals surface area (Å²) in [6, 6.07) is 21.5. The molecular weight excluding hydrogens is 390 g/mol. The van der Waals surface area contributed by atoms with Crippen LogP contribution in [0.4, 0.5) is 5.69 Å². The molecule has 31 heavy (non-hydrogen) atoms. The first-order chi connectivity index (χ1) is 15.2. The molecule has 1 N–H and O–H groups in total. The Morgan fingerprint density at radius 2 is 1.71 bits per heavy atom. The van der Waals surface area contributed by atoms with Crippen LogP contribution < -0.4 is 10.1 Å². The highest BCUT2D eigenvalue weighted by Crippen LogP contribution is 2.31. The molecular formula is C24H19N5O2. The van der Waals surface area contributed by atoms with Gasteiger partial charge >= 0.3 is 0 Å². The van der Waals surface area contributed by atoms with Crippen LogP contribution in [0, 0.1) is 6.92 Å². The molecule has 0 unspecified atom stereocenters. The first kappa shape index (κ1) is 18.7. The van der Waals surface area contributed by atoms with Crippen LogP contribution in [0.15, 0.2) is 72.9 Å². The molecule has 0 radical (unpaired) electrons. The molecule has 0 aliphatic rings. The van der Waals surface area contributed by atoms with Crippen molar-refractivity contribution in [1.29, 1.82) is 0 Å². The maximum atomic E-state index is 12.9. The molecule has 7 heteroatoms. The standard InChI is InChI=1S/C24H19N5O2/c1-15-22(24(30)26-20-12-5-6-13-21(20)31-2)27-28-23-19(14-25-29(15)23)18-11-7-9-16-8-3-4-10-17(16)18/h3-14H,1-2H3,(H,26,30). The van der Waals surface area contributed by atoms with Gasteiger partial charge in [-0.1, -0.05) is 54.6 Å². The third kappa shape index (κ3) is 3.16. The lowest BCUT2D eigenvalue weighted by Gasteiger charge is -2.11. The van der Waals surface area contributed by atoms with Crippen molar-refractivity contribution in [2.45, 2.75) is 6.92 Å². The number of benzene rings is 3. The first-order valence-electron chi connectivity index (χ1n) is 9.81. The minimum Gasteiger partial charge on any atom is -0.495 e. The van der Waals surface area contributed by atoms with Crippen LogP contribution in [0.3, 0.4) is 0 Å². The third-order valence-corrected chi connectivity index (χ3v) is 5.30. The number of aromatic nitrogens is 4. The molecule has 7 nitrogen and oxygen atoms in total. The topological polar surface area (TPSA) is 81.4 Å². The Morgan fingerprint density at radius 1 is 0.935 bits per heavy atom. The minimum atomic E-state index is -0.376. The fourth-order valence-electron chi connectivity index (χ4n) is 3.74. The summed E-state index contributed by atoms with van der Waals surface area (Å²) in [7, 11) is 1.56. The molecule has 0 saturated carbocycles. The number of carbonyl (C=O) groups is 1. The Bertz CT molecular complexity index is 1440. The number of hydrogen-bond acceptors (Lipinski definition) is 5. The van der Waals surface area contributed by atoms with E-state index < -0.39 is 0 Å². The van der Waals surface area contributed by atoms with Crippen molar-refractivity contribution in [2.24, 2.45) is 0 Å². The van der Waals surface area contributed by atoms with Gasteiger partial charge in [-0.3, -0.25) is 4.79 Å². The monoisotopic (exact) mass is 409 g/mol. The fraction of sp³-hybridized carbons (Fsp3) is 0.0833. The van der Waals surface area contributed by atoms with Crippen molar-refractivity contribution in [3.05, 3.63) is 84.3 Å². The van der Waals surface area contributed by atoms with Crippen LogP contribution in [-0.2, 0) is 0 Å². The van der Waals surface area contributed by atoms with Crippen LogP contribution in [0.2, 0.25) is 0 Å². The summed E-state index contributed by atoms with van der Waals surface area (Å²) in [6.07, 6.45) is 1.76. The number of ether oxygens (including phenoxy) is 1. The number of hydrogen-bond donors (Lipinski definition) is 1. The molecule has 2 aromatic heterocycles. The zero-order valence-electron chi connectivity index (χ0n) is 17.0. The van der Waals surface area contributed by atoms with E-state index in [1.54, 1.807) is 36.9 Å². The van der Waals surface area contributed by atoms with E-state index in [1.165, 1.54) is 0 Å². The zero-order chi connectivity index (χ0) is 21.4. The number of anilines is 1. The molecule has 3 aromatic carbocycles. The second-order valence-corrected chi connectivity index (χ2v) is 7.11. The van der Waals surface area contributed by atoms with Gasteiger partial charge in [0.15, 0.2) is 11.3 Å². The average Bonchev–Trinajstić information content (AvgIpc) is 3.24. The maximum Gasteiger partial charge on any atom is 0.278 e. The summed E-state index contributed by atoms with van der Waals surface area (Å²) in [5.41, 5.74) is 3.85. The van der Waals surface area contributed by atoms with Gasteiger partial charge in [-0.15, -0.1) is 10.2 Å². The Morgan fingerprint density at radius 3 is 2.58 bits per heavy atom. The number of methoxy groups -OCH3 is 1. The number of rotatable bonds is 4. The van der Waals surface area contributed by atoms with Gasteiger partial charge in [0.25, 0.3) is 5.91 Å². The quantitative estimate of drug-likeness (QED) is 0.472. The van der Waals surface area contributed by atoms with E-state index in [0.29, 0.717) is 22.8 Å². The first-order valence-corrected chi connectivity index (χ1v) is 9.81. The Hall–Kier alpha value is -4.26. The summed E-state index contributed by atoms with van der Waals surface area (Å²) in [5, 5.41) is 18.2. The summed E-state index contributed by atoms with van der Waals surface area (Å²) >= 11 is 0. The van der Waals surface area contributed by atoms with Gasteiger partial charge in [-0.25, -0.2) is 4.52 Å². The number of nitrogens with zero attached hydrogens (tertiary/aromatic N) is 4. The molecule has 0 aliphatic heterocycles. The lowest BCUT2D eigenvalue weighted by molar-refractivity contribution is 0.101. The summed E-state index contributed by atoms with van der Waals surface area (Å²) in [4.78, 5) is 12.9. The maximum absolute atomic E-state index is 12.9. The number of nitrogens with one attached hydrogen (secondary N) is 1. The van der Waals surface area contributed by atoms with E-state index in [1.807, 2.05) is 36.4 Å². The fourth-order valence-corrected chi connectivity index (χ4v) is 3.74. The van der Waals surface area contributed by atoms with Crippen molar-refractivity contribution < 1.29 is 9.53 Å². The van der Waals surface area contributed by atoms with Crippen LogP contribution in [-0.4, -0.2) is 32.8 Å². The molecule has 1 amide bonds. The molecule has 0 bridgehead atoms. The predicted octanol–water partition coefficient (Wildman–Crippen LogP) is 4.51. The lowest BCUT2D eigenvalue weighted by atomic mass is 10.0. The van der Waals surface area contributed by atoms with Crippen LogP contribution in [0.5, 0.6) is 5.75 Å². The van der Waals surface area contributed by atoms with E-state index in [-0.39, 0.29) is 11.6 Å². The molecule has 5 aromatic rings. The van der Waals surface area contributed by atoms with Crippen molar-refractivity contribution in [3.8, 4) is 16.9 Å². The zero-order valence-corrected chi connectivity index (χ0v) is 17.0. The lowest BCUT2D eigenvalue weighted by Crippen LogP contribution is -2.19. The Balaban J connectivity index is 1.57. The van der Waals surface area contributed by atoms with Crippen LogP contribution >= 0.6 is 0 Å². The smallest absolute Gasteiger partial charge is 0.278 e. The number of fused-ring (bicyclic) bond motifs is 2. The second-order valence-electron chi connectivity index (χ2n) is 7.11. The van der Waals surface area contributed by atoms with Crippen molar-refractivity contribution in [2.75, 3.05) is 12.4 Å². The highest BCUT2D eigenvalue weighted by molar-refractivity contribution is 6.04. The average molecular weight is 409 g/mol. The minimum absolute atomic E-state index is 0.200. The molecule has 0 spiro atoms. The van der Waals surface area contributed by atoms with Crippen LogP contribution in [0.25, 0.3) is 27.5 Å². The van der Waals surface area contributed by atoms with Crippen molar-refractivity contribution in [3.63, 3.8) is 0 Å². The highest BCUT2D eigenvalue weighted by Gasteiger charge is 2.19. The molecule has 0 fully saturated rings. The largest absolute Gasteiger partial charge is 0.495 e. The van der Waals surface area contributed by atoms with Gasteiger partial charge < -0.3 is 10.1 Å².